The third-order valence-electron chi connectivity index (χ3n) is 3.88. The number of pyridine rings is 1. The maximum Gasteiger partial charge on any atom is 0.232 e. The molecule has 0 aliphatic carbocycles. The van der Waals surface area contributed by atoms with Gasteiger partial charge in [0.05, 0.1) is 23.7 Å². The highest BCUT2D eigenvalue weighted by Crippen LogP contribution is 2.21. The molecule has 0 spiro atoms. The fourth-order valence-electron chi connectivity index (χ4n) is 2.50. The predicted octanol–water partition coefficient (Wildman–Crippen LogP) is 3.32. The van der Waals surface area contributed by atoms with Gasteiger partial charge in [-0.25, -0.2) is 13.4 Å². The van der Waals surface area contributed by atoms with Crippen LogP contribution < -0.4 is 9.64 Å². The molecule has 0 bridgehead atoms. The second-order valence-corrected chi connectivity index (χ2v) is 8.73. The topological polar surface area (TPSA) is 76.6 Å². The van der Waals surface area contributed by atoms with E-state index < -0.39 is 15.8 Å². The van der Waals surface area contributed by atoms with Gasteiger partial charge in [0.15, 0.2) is 9.84 Å². The molecule has 0 saturated carbocycles. The van der Waals surface area contributed by atoms with E-state index in [1.807, 2.05) is 6.92 Å². The number of sulfone groups is 1. The van der Waals surface area contributed by atoms with Crippen LogP contribution in [0.25, 0.3) is 0 Å². The number of hydrogen-bond donors (Lipinski definition) is 0. The minimum Gasteiger partial charge on any atom is -0.497 e. The van der Waals surface area contributed by atoms with Crippen LogP contribution in [0.2, 0.25) is 0 Å². The molecule has 140 valence electrons. The van der Waals surface area contributed by atoms with Gasteiger partial charge in [-0.1, -0.05) is 6.92 Å². The van der Waals surface area contributed by atoms with Crippen LogP contribution in [0.3, 0.4) is 0 Å². The molecule has 0 saturated heterocycles. The number of benzene rings is 1. The predicted molar refractivity (Wildman–Crippen MR) is 104 cm³/mol. The maximum absolute atomic E-state index is 12.8. The van der Waals surface area contributed by atoms with Gasteiger partial charge in [0.25, 0.3) is 0 Å². The molecule has 1 unspecified atom stereocenters. The summed E-state index contributed by atoms with van der Waals surface area (Å²) >= 11 is 3.30. The van der Waals surface area contributed by atoms with Gasteiger partial charge in [0.1, 0.15) is 11.6 Å². The Morgan fingerprint density at radius 2 is 1.88 bits per heavy atom. The molecule has 1 heterocycles. The van der Waals surface area contributed by atoms with Gasteiger partial charge in [0.2, 0.25) is 5.91 Å². The molecule has 8 heteroatoms. The van der Waals surface area contributed by atoms with E-state index in [1.165, 1.54) is 24.1 Å². The van der Waals surface area contributed by atoms with E-state index in [4.69, 9.17) is 4.74 Å². The zero-order valence-electron chi connectivity index (χ0n) is 14.8. The number of rotatable bonds is 7. The number of methoxy groups -OCH3 is 1. The minimum atomic E-state index is -3.59. The highest BCUT2D eigenvalue weighted by atomic mass is 79.9. The maximum atomic E-state index is 12.8. The third-order valence-corrected chi connectivity index (χ3v) is 6.28. The van der Waals surface area contributed by atoms with E-state index in [2.05, 4.69) is 20.9 Å². The quantitative estimate of drug-likeness (QED) is 0.659. The lowest BCUT2D eigenvalue weighted by Crippen LogP contribution is -2.38. The summed E-state index contributed by atoms with van der Waals surface area (Å²) in [5.41, 5.74) is 0. The first-order valence-corrected chi connectivity index (χ1v) is 10.5. The Balaban J connectivity index is 2.16. The van der Waals surface area contributed by atoms with Crippen molar-refractivity contribution in [1.82, 2.24) is 4.98 Å². The number of carbonyl (C=O) groups is 1. The highest BCUT2D eigenvalue weighted by Gasteiger charge is 2.27. The molecule has 1 amide bonds. The zero-order valence-corrected chi connectivity index (χ0v) is 17.2. The monoisotopic (exact) mass is 440 g/mol. The fourth-order valence-corrected chi connectivity index (χ4v) is 4.28. The van der Waals surface area contributed by atoms with Crippen LogP contribution in [0.15, 0.2) is 52.0 Å². The van der Waals surface area contributed by atoms with Crippen LogP contribution in [0, 0.1) is 5.92 Å². The van der Waals surface area contributed by atoms with Crippen molar-refractivity contribution in [3.63, 3.8) is 0 Å². The van der Waals surface area contributed by atoms with Crippen LogP contribution in [0.5, 0.6) is 5.75 Å². The van der Waals surface area contributed by atoms with Crippen molar-refractivity contribution in [3.8, 4) is 5.75 Å². The van der Waals surface area contributed by atoms with Crippen molar-refractivity contribution in [2.24, 2.45) is 5.92 Å². The lowest BCUT2D eigenvalue weighted by Gasteiger charge is -2.23. The van der Waals surface area contributed by atoms with E-state index in [-0.39, 0.29) is 16.6 Å². The van der Waals surface area contributed by atoms with Crippen molar-refractivity contribution >= 4 is 37.5 Å². The molecule has 1 aromatic heterocycles. The Labute approximate surface area is 162 Å². The lowest BCUT2D eigenvalue weighted by atomic mass is 10.2. The minimum absolute atomic E-state index is 0.169. The number of halogens is 1. The molecule has 1 atom stereocenters. The van der Waals surface area contributed by atoms with Crippen molar-refractivity contribution in [3.05, 3.63) is 47.1 Å². The summed E-state index contributed by atoms with van der Waals surface area (Å²) in [4.78, 5) is 18.6. The number of nitrogens with zero attached hydrogens (tertiary/aromatic N) is 2. The average molecular weight is 441 g/mol. The number of hydrogen-bond acceptors (Lipinski definition) is 5. The Morgan fingerprint density at radius 1 is 1.23 bits per heavy atom. The number of aromatic nitrogens is 1. The Hall–Kier alpha value is -1.93. The summed E-state index contributed by atoms with van der Waals surface area (Å²) in [5, 5.41) is 0. The van der Waals surface area contributed by atoms with Gasteiger partial charge in [0, 0.05) is 17.2 Å². The average Bonchev–Trinajstić information content (AvgIpc) is 2.63. The highest BCUT2D eigenvalue weighted by molar-refractivity contribution is 9.10. The molecular weight excluding hydrogens is 420 g/mol. The van der Waals surface area contributed by atoms with E-state index in [1.54, 1.807) is 37.4 Å². The van der Waals surface area contributed by atoms with Gasteiger partial charge in [-0.05, 0) is 59.3 Å². The summed E-state index contributed by atoms with van der Waals surface area (Å²) in [7, 11) is -2.08. The van der Waals surface area contributed by atoms with Crippen molar-refractivity contribution in [1.29, 1.82) is 0 Å². The van der Waals surface area contributed by atoms with Crippen molar-refractivity contribution in [2.45, 2.75) is 18.7 Å². The summed E-state index contributed by atoms with van der Waals surface area (Å²) in [5.74, 6) is -0.182. The normalized spacial score (nSPS) is 12.5. The summed E-state index contributed by atoms with van der Waals surface area (Å²) in [6, 6.07) is 9.65. The molecule has 26 heavy (non-hydrogen) atoms. The first-order chi connectivity index (χ1) is 12.3. The molecule has 2 aromatic rings. The van der Waals surface area contributed by atoms with Crippen LogP contribution in [-0.2, 0) is 14.6 Å². The van der Waals surface area contributed by atoms with Crippen molar-refractivity contribution in [2.75, 3.05) is 24.3 Å². The van der Waals surface area contributed by atoms with E-state index >= 15 is 0 Å². The molecule has 6 nitrogen and oxygen atoms in total. The zero-order chi connectivity index (χ0) is 19.3. The van der Waals surface area contributed by atoms with Gasteiger partial charge < -0.3 is 4.74 Å². The molecule has 0 fully saturated rings. The van der Waals surface area contributed by atoms with Gasteiger partial charge in [-0.15, -0.1) is 0 Å². The summed E-state index contributed by atoms with van der Waals surface area (Å²) in [6.45, 7) is 3.84. The Bertz CT molecular complexity index is 852. The first-order valence-electron chi connectivity index (χ1n) is 8.08. The smallest absolute Gasteiger partial charge is 0.232 e. The van der Waals surface area contributed by atoms with E-state index in [0.29, 0.717) is 18.1 Å². The van der Waals surface area contributed by atoms with Gasteiger partial charge in [-0.3, -0.25) is 9.69 Å². The largest absolute Gasteiger partial charge is 0.497 e. The second kappa shape index (κ2) is 8.64. The summed E-state index contributed by atoms with van der Waals surface area (Å²) < 4.78 is 31.1. The van der Waals surface area contributed by atoms with E-state index in [9.17, 15) is 13.2 Å². The van der Waals surface area contributed by atoms with Crippen LogP contribution in [0.1, 0.15) is 13.8 Å². The molecular formula is C18H21BrN2O4S. The fraction of sp³-hybridized carbons (Fsp3) is 0.333. The van der Waals surface area contributed by atoms with Gasteiger partial charge >= 0.3 is 0 Å². The number of amides is 1. The first kappa shape index (κ1) is 20.4. The Kier molecular flexibility index (Phi) is 6.77. The molecule has 0 aliphatic rings. The summed E-state index contributed by atoms with van der Waals surface area (Å²) in [6.07, 6.45) is 1.60. The van der Waals surface area contributed by atoms with Crippen LogP contribution >= 0.6 is 15.9 Å². The van der Waals surface area contributed by atoms with Crippen LogP contribution in [0.4, 0.5) is 5.82 Å². The molecule has 0 aliphatic heterocycles. The molecule has 0 N–H and O–H groups in total. The molecule has 0 radical (unpaired) electrons. The molecule has 2 rings (SSSR count). The molecule has 1 aromatic carbocycles. The number of carbonyl (C=O) groups excluding carboxylic acids is 1. The SMILES string of the molecule is CCN(C(=O)C(C)CS(=O)(=O)c1ccc(OC)cc1)c1ccc(Br)cn1. The van der Waals surface area contributed by atoms with E-state index in [0.717, 1.165) is 4.47 Å². The van der Waals surface area contributed by atoms with Gasteiger partial charge in [-0.2, -0.15) is 0 Å². The number of anilines is 1. The third kappa shape index (κ3) is 4.82. The van der Waals surface area contributed by atoms with Crippen molar-refractivity contribution < 1.29 is 17.9 Å². The Morgan fingerprint density at radius 3 is 2.38 bits per heavy atom. The van der Waals surface area contributed by atoms with Crippen LogP contribution in [-0.4, -0.2) is 38.7 Å². The lowest BCUT2D eigenvalue weighted by molar-refractivity contribution is -0.121. The number of ether oxygens (including phenoxy) is 1. The second-order valence-electron chi connectivity index (χ2n) is 5.78. The standard InChI is InChI=1S/C18H21BrN2O4S/c1-4-21(17-10-5-14(19)11-20-17)18(22)13(2)12-26(23,24)16-8-6-15(25-3)7-9-16/h5-11,13H,4,12H2,1-3H3.